The molecule has 98 valence electrons. The van der Waals surface area contributed by atoms with Crippen LogP contribution in [-0.4, -0.2) is 53.1 Å². The Kier molecular flexibility index (Phi) is 4.09. The van der Waals surface area contributed by atoms with E-state index in [1.165, 1.54) is 0 Å². The van der Waals surface area contributed by atoms with Crippen LogP contribution in [0.2, 0.25) is 0 Å². The quantitative estimate of drug-likeness (QED) is 0.843. The summed E-state index contributed by atoms with van der Waals surface area (Å²) in [5, 5.41) is 3.07. The highest BCUT2D eigenvalue weighted by Gasteiger charge is 2.22. The SMILES string of the molecule is Cc1cncc(NC(C)C(=O)N2CCOCC2)n1. The lowest BCUT2D eigenvalue weighted by atomic mass is 10.2. The minimum atomic E-state index is -0.306. The standard InChI is InChI=1S/C12H18N4O2/c1-9-7-13-8-11(14-9)15-10(2)12(17)16-3-5-18-6-4-16/h7-8,10H,3-6H2,1-2H3,(H,14,15). The van der Waals surface area contributed by atoms with E-state index in [2.05, 4.69) is 15.3 Å². The highest BCUT2D eigenvalue weighted by molar-refractivity contribution is 5.84. The van der Waals surface area contributed by atoms with E-state index >= 15 is 0 Å². The molecule has 0 aromatic carbocycles. The molecular weight excluding hydrogens is 232 g/mol. The zero-order valence-electron chi connectivity index (χ0n) is 10.7. The molecule has 0 radical (unpaired) electrons. The summed E-state index contributed by atoms with van der Waals surface area (Å²) in [4.78, 5) is 22.3. The van der Waals surface area contributed by atoms with Crippen molar-refractivity contribution in [2.75, 3.05) is 31.6 Å². The molecule has 0 saturated carbocycles. The molecule has 0 bridgehead atoms. The molecule has 0 spiro atoms. The number of anilines is 1. The minimum Gasteiger partial charge on any atom is -0.378 e. The van der Waals surface area contributed by atoms with E-state index in [-0.39, 0.29) is 11.9 Å². The van der Waals surface area contributed by atoms with Crippen LogP contribution in [0.5, 0.6) is 0 Å². The molecule has 1 aromatic rings. The average Bonchev–Trinajstić information content (AvgIpc) is 2.39. The normalized spacial score (nSPS) is 17.3. The summed E-state index contributed by atoms with van der Waals surface area (Å²) in [6.45, 7) is 6.24. The molecule has 1 fully saturated rings. The number of nitrogens with zero attached hydrogens (tertiary/aromatic N) is 3. The number of hydrogen-bond donors (Lipinski definition) is 1. The molecule has 6 heteroatoms. The lowest BCUT2D eigenvalue weighted by Gasteiger charge is -2.29. The topological polar surface area (TPSA) is 67.4 Å². The van der Waals surface area contributed by atoms with Gasteiger partial charge in [-0.25, -0.2) is 4.98 Å². The number of hydrogen-bond acceptors (Lipinski definition) is 5. The number of carbonyl (C=O) groups is 1. The third-order valence-corrected chi connectivity index (χ3v) is 2.81. The van der Waals surface area contributed by atoms with Gasteiger partial charge in [-0.15, -0.1) is 0 Å². The first kappa shape index (κ1) is 12.8. The average molecular weight is 250 g/mol. The molecule has 1 N–H and O–H groups in total. The molecule has 1 saturated heterocycles. The second-order valence-electron chi connectivity index (χ2n) is 4.35. The number of morpholine rings is 1. The van der Waals surface area contributed by atoms with Gasteiger partial charge in [-0.1, -0.05) is 0 Å². The van der Waals surface area contributed by atoms with Gasteiger partial charge in [0, 0.05) is 19.3 Å². The molecule has 2 rings (SSSR count). The zero-order valence-corrected chi connectivity index (χ0v) is 10.7. The fraction of sp³-hybridized carbons (Fsp3) is 0.583. The van der Waals surface area contributed by atoms with Gasteiger partial charge < -0.3 is 15.0 Å². The molecule has 18 heavy (non-hydrogen) atoms. The Morgan fingerprint density at radius 3 is 2.83 bits per heavy atom. The Morgan fingerprint density at radius 2 is 2.17 bits per heavy atom. The first-order valence-electron chi connectivity index (χ1n) is 6.08. The molecule has 1 amide bonds. The van der Waals surface area contributed by atoms with Crippen molar-refractivity contribution in [3.63, 3.8) is 0 Å². The number of carbonyl (C=O) groups excluding carboxylic acids is 1. The number of ether oxygens (including phenoxy) is 1. The van der Waals surface area contributed by atoms with E-state index in [0.29, 0.717) is 32.1 Å². The minimum absolute atomic E-state index is 0.0709. The van der Waals surface area contributed by atoms with Crippen LogP contribution in [0.4, 0.5) is 5.82 Å². The summed E-state index contributed by atoms with van der Waals surface area (Å²) in [6.07, 6.45) is 3.30. The third-order valence-electron chi connectivity index (χ3n) is 2.81. The Hall–Kier alpha value is -1.69. The van der Waals surface area contributed by atoms with Crippen LogP contribution in [0.25, 0.3) is 0 Å². The zero-order chi connectivity index (χ0) is 13.0. The lowest BCUT2D eigenvalue weighted by Crippen LogP contribution is -2.47. The molecule has 2 heterocycles. The van der Waals surface area contributed by atoms with Gasteiger partial charge in [0.05, 0.1) is 25.1 Å². The second kappa shape index (κ2) is 5.77. The van der Waals surface area contributed by atoms with Gasteiger partial charge in [0.2, 0.25) is 5.91 Å². The molecule has 1 unspecified atom stereocenters. The fourth-order valence-electron chi connectivity index (χ4n) is 1.87. The van der Waals surface area contributed by atoms with E-state index < -0.39 is 0 Å². The van der Waals surface area contributed by atoms with Crippen LogP contribution in [0.1, 0.15) is 12.6 Å². The molecule has 1 aliphatic heterocycles. The number of aryl methyl sites for hydroxylation is 1. The van der Waals surface area contributed by atoms with Crippen molar-refractivity contribution in [1.29, 1.82) is 0 Å². The maximum atomic E-state index is 12.1. The second-order valence-corrected chi connectivity index (χ2v) is 4.35. The Bertz CT molecular complexity index is 418. The van der Waals surface area contributed by atoms with Crippen LogP contribution < -0.4 is 5.32 Å². The monoisotopic (exact) mass is 250 g/mol. The maximum Gasteiger partial charge on any atom is 0.244 e. The van der Waals surface area contributed by atoms with Crippen molar-refractivity contribution in [3.05, 3.63) is 18.1 Å². The summed E-state index contributed by atoms with van der Waals surface area (Å²) in [6, 6.07) is -0.306. The van der Waals surface area contributed by atoms with Gasteiger partial charge in [-0.3, -0.25) is 9.78 Å². The largest absolute Gasteiger partial charge is 0.378 e. The number of rotatable bonds is 3. The first-order chi connectivity index (χ1) is 8.66. The summed E-state index contributed by atoms with van der Waals surface area (Å²) < 4.78 is 5.23. The van der Waals surface area contributed by atoms with Gasteiger partial charge in [0.1, 0.15) is 11.9 Å². The molecule has 1 aliphatic rings. The molecule has 1 atom stereocenters. The van der Waals surface area contributed by atoms with Crippen molar-refractivity contribution in [3.8, 4) is 0 Å². The Balaban J connectivity index is 1.94. The van der Waals surface area contributed by atoms with Gasteiger partial charge in [0.25, 0.3) is 0 Å². The molecule has 6 nitrogen and oxygen atoms in total. The van der Waals surface area contributed by atoms with Crippen molar-refractivity contribution >= 4 is 11.7 Å². The van der Waals surface area contributed by atoms with E-state index in [1.54, 1.807) is 12.4 Å². The van der Waals surface area contributed by atoms with Gasteiger partial charge in [0.15, 0.2) is 0 Å². The number of aromatic nitrogens is 2. The number of amides is 1. The Morgan fingerprint density at radius 1 is 1.44 bits per heavy atom. The van der Waals surface area contributed by atoms with Crippen molar-refractivity contribution < 1.29 is 9.53 Å². The van der Waals surface area contributed by atoms with Gasteiger partial charge in [-0.05, 0) is 13.8 Å². The Labute approximate surface area is 106 Å². The van der Waals surface area contributed by atoms with Crippen LogP contribution in [0.15, 0.2) is 12.4 Å². The van der Waals surface area contributed by atoms with E-state index in [0.717, 1.165) is 5.69 Å². The van der Waals surface area contributed by atoms with E-state index in [4.69, 9.17) is 4.74 Å². The maximum absolute atomic E-state index is 12.1. The summed E-state index contributed by atoms with van der Waals surface area (Å²) in [5.74, 6) is 0.700. The molecular formula is C12H18N4O2. The summed E-state index contributed by atoms with van der Waals surface area (Å²) in [5.41, 5.74) is 0.825. The van der Waals surface area contributed by atoms with Crippen LogP contribution in [-0.2, 0) is 9.53 Å². The summed E-state index contributed by atoms with van der Waals surface area (Å²) in [7, 11) is 0. The fourth-order valence-corrected chi connectivity index (χ4v) is 1.87. The molecule has 1 aromatic heterocycles. The third kappa shape index (κ3) is 3.16. The van der Waals surface area contributed by atoms with Gasteiger partial charge in [-0.2, -0.15) is 0 Å². The summed E-state index contributed by atoms with van der Waals surface area (Å²) >= 11 is 0. The lowest BCUT2D eigenvalue weighted by molar-refractivity contribution is -0.135. The first-order valence-corrected chi connectivity index (χ1v) is 6.08. The predicted octanol–water partition coefficient (Wildman–Crippen LogP) is 0.444. The highest BCUT2D eigenvalue weighted by Crippen LogP contribution is 2.07. The van der Waals surface area contributed by atoms with Crippen LogP contribution in [0.3, 0.4) is 0 Å². The van der Waals surface area contributed by atoms with E-state index in [9.17, 15) is 4.79 Å². The molecule has 0 aliphatic carbocycles. The van der Waals surface area contributed by atoms with Crippen molar-refractivity contribution in [1.82, 2.24) is 14.9 Å². The smallest absolute Gasteiger partial charge is 0.244 e. The van der Waals surface area contributed by atoms with Crippen LogP contribution >= 0.6 is 0 Å². The highest BCUT2D eigenvalue weighted by atomic mass is 16.5. The van der Waals surface area contributed by atoms with Crippen molar-refractivity contribution in [2.24, 2.45) is 0 Å². The number of nitrogens with one attached hydrogen (secondary N) is 1. The van der Waals surface area contributed by atoms with Crippen LogP contribution in [0, 0.1) is 6.92 Å². The predicted molar refractivity (Wildman–Crippen MR) is 67.3 cm³/mol. The van der Waals surface area contributed by atoms with Crippen molar-refractivity contribution in [2.45, 2.75) is 19.9 Å². The van der Waals surface area contributed by atoms with Gasteiger partial charge >= 0.3 is 0 Å². The van der Waals surface area contributed by atoms with E-state index in [1.807, 2.05) is 18.7 Å².